The monoisotopic (exact) mass is 424 g/mol. The molecule has 0 bridgehead atoms. The molecule has 9 heteroatoms. The molecule has 3 rings (SSSR count). The van der Waals surface area contributed by atoms with E-state index >= 15 is 0 Å². The van der Waals surface area contributed by atoms with Gasteiger partial charge in [0.05, 0.1) is 15.5 Å². The maximum absolute atomic E-state index is 12.4. The van der Waals surface area contributed by atoms with Crippen molar-refractivity contribution in [2.75, 3.05) is 10.6 Å². The molecule has 3 aromatic carbocycles. The van der Waals surface area contributed by atoms with E-state index in [2.05, 4.69) is 16.0 Å². The van der Waals surface area contributed by atoms with Gasteiger partial charge < -0.3 is 16.0 Å². The van der Waals surface area contributed by atoms with Crippen molar-refractivity contribution in [3.63, 3.8) is 0 Å². The maximum atomic E-state index is 12.4. The predicted molar refractivity (Wildman–Crippen MR) is 115 cm³/mol. The van der Waals surface area contributed by atoms with Gasteiger partial charge in [-0.05, 0) is 35.9 Å². The number of non-ortho nitro benzene ring substituents is 1. The Morgan fingerprint density at radius 1 is 0.900 bits per heavy atom. The van der Waals surface area contributed by atoms with Crippen LogP contribution in [-0.4, -0.2) is 16.9 Å². The maximum Gasteiger partial charge on any atom is 0.323 e. The predicted octanol–water partition coefficient (Wildman–Crippen LogP) is 4.82. The molecular formula is C21H17ClN4O4. The minimum atomic E-state index is -0.595. The number of nitro groups is 1. The highest BCUT2D eigenvalue weighted by Crippen LogP contribution is 2.22. The first kappa shape index (κ1) is 20.8. The number of carbonyl (C=O) groups excluding carboxylic acids is 2. The number of nitrogens with zero attached hydrogens (tertiary/aromatic N) is 1. The number of carbonyl (C=O) groups is 2. The van der Waals surface area contributed by atoms with Crippen LogP contribution in [0.2, 0.25) is 5.02 Å². The molecule has 0 aliphatic carbocycles. The summed E-state index contributed by atoms with van der Waals surface area (Å²) in [6, 6.07) is 19.2. The zero-order valence-corrected chi connectivity index (χ0v) is 16.3. The molecule has 3 aromatic rings. The molecule has 0 saturated heterocycles. The van der Waals surface area contributed by atoms with Crippen LogP contribution in [0, 0.1) is 10.1 Å². The Kier molecular flexibility index (Phi) is 6.61. The molecular weight excluding hydrogens is 408 g/mol. The molecule has 0 radical (unpaired) electrons. The Bertz CT molecular complexity index is 1090. The third-order valence-corrected chi connectivity index (χ3v) is 4.40. The average Bonchev–Trinajstić information content (AvgIpc) is 2.73. The zero-order valence-electron chi connectivity index (χ0n) is 15.6. The third-order valence-electron chi connectivity index (χ3n) is 4.07. The molecule has 0 fully saturated rings. The van der Waals surface area contributed by atoms with E-state index in [0.717, 1.165) is 11.6 Å². The number of nitro benzene ring substituents is 1. The van der Waals surface area contributed by atoms with Gasteiger partial charge in [0.2, 0.25) is 0 Å². The van der Waals surface area contributed by atoms with Gasteiger partial charge in [-0.2, -0.15) is 0 Å². The number of amides is 3. The van der Waals surface area contributed by atoms with E-state index in [-0.39, 0.29) is 22.8 Å². The molecule has 0 aliphatic heterocycles. The van der Waals surface area contributed by atoms with Crippen LogP contribution >= 0.6 is 11.6 Å². The SMILES string of the molecule is O=C(Nc1ccccc1)Nc1cccc(CNC(=O)c2cc([N+](=O)[O-])ccc2Cl)c1. The summed E-state index contributed by atoms with van der Waals surface area (Å²) in [4.78, 5) is 34.8. The van der Waals surface area contributed by atoms with Crippen molar-refractivity contribution in [1.82, 2.24) is 5.32 Å². The van der Waals surface area contributed by atoms with Gasteiger partial charge in [0.15, 0.2) is 0 Å². The van der Waals surface area contributed by atoms with Crippen molar-refractivity contribution >= 4 is 40.6 Å². The number of urea groups is 1. The fourth-order valence-corrected chi connectivity index (χ4v) is 2.86. The second kappa shape index (κ2) is 9.53. The smallest absolute Gasteiger partial charge is 0.323 e. The van der Waals surface area contributed by atoms with Crippen LogP contribution < -0.4 is 16.0 Å². The van der Waals surface area contributed by atoms with E-state index in [4.69, 9.17) is 11.6 Å². The van der Waals surface area contributed by atoms with Crippen LogP contribution in [0.3, 0.4) is 0 Å². The largest absolute Gasteiger partial charge is 0.348 e. The Morgan fingerprint density at radius 3 is 2.33 bits per heavy atom. The molecule has 8 nitrogen and oxygen atoms in total. The standard InChI is InChI=1S/C21H17ClN4O4/c22-19-10-9-17(26(29)30)12-18(19)20(27)23-13-14-5-4-8-16(11-14)25-21(28)24-15-6-2-1-3-7-15/h1-12H,13H2,(H,23,27)(H2,24,25,28). The summed E-state index contributed by atoms with van der Waals surface area (Å²) >= 11 is 5.99. The summed E-state index contributed by atoms with van der Waals surface area (Å²) in [5.41, 5.74) is 1.72. The lowest BCUT2D eigenvalue weighted by Gasteiger charge is -2.10. The summed E-state index contributed by atoms with van der Waals surface area (Å²) in [6.07, 6.45) is 0. The lowest BCUT2D eigenvalue weighted by atomic mass is 10.1. The average molecular weight is 425 g/mol. The van der Waals surface area contributed by atoms with E-state index in [1.165, 1.54) is 12.1 Å². The Hall–Kier alpha value is -3.91. The number of para-hydroxylation sites is 1. The molecule has 0 spiro atoms. The highest BCUT2D eigenvalue weighted by atomic mass is 35.5. The zero-order chi connectivity index (χ0) is 21.5. The topological polar surface area (TPSA) is 113 Å². The minimum absolute atomic E-state index is 0.0161. The molecule has 0 atom stereocenters. The lowest BCUT2D eigenvalue weighted by Crippen LogP contribution is -2.23. The van der Waals surface area contributed by atoms with Crippen LogP contribution in [-0.2, 0) is 6.54 Å². The highest BCUT2D eigenvalue weighted by molar-refractivity contribution is 6.33. The quantitative estimate of drug-likeness (QED) is 0.388. The number of nitrogens with one attached hydrogen (secondary N) is 3. The van der Waals surface area contributed by atoms with E-state index in [1.807, 2.05) is 18.2 Å². The van der Waals surface area contributed by atoms with Crippen LogP contribution in [0.4, 0.5) is 21.9 Å². The van der Waals surface area contributed by atoms with Gasteiger partial charge in [-0.25, -0.2) is 4.79 Å². The van der Waals surface area contributed by atoms with Gasteiger partial charge in [0.25, 0.3) is 11.6 Å². The van der Waals surface area contributed by atoms with Crippen molar-refractivity contribution in [2.45, 2.75) is 6.54 Å². The van der Waals surface area contributed by atoms with E-state index in [1.54, 1.807) is 36.4 Å². The molecule has 0 unspecified atom stereocenters. The molecule has 0 heterocycles. The molecule has 30 heavy (non-hydrogen) atoms. The molecule has 152 valence electrons. The third kappa shape index (κ3) is 5.55. The number of rotatable bonds is 6. The van der Waals surface area contributed by atoms with Gasteiger partial charge in [-0.1, -0.05) is 41.9 Å². The first-order valence-electron chi connectivity index (χ1n) is 8.86. The van der Waals surface area contributed by atoms with Gasteiger partial charge >= 0.3 is 6.03 Å². The molecule has 3 amide bonds. The van der Waals surface area contributed by atoms with Crippen molar-refractivity contribution in [1.29, 1.82) is 0 Å². The number of benzene rings is 3. The second-order valence-corrected chi connectivity index (χ2v) is 6.66. The van der Waals surface area contributed by atoms with Crippen LogP contribution in [0.1, 0.15) is 15.9 Å². The lowest BCUT2D eigenvalue weighted by molar-refractivity contribution is -0.384. The van der Waals surface area contributed by atoms with E-state index in [9.17, 15) is 19.7 Å². The van der Waals surface area contributed by atoms with Gasteiger partial charge in [0, 0.05) is 30.1 Å². The summed E-state index contributed by atoms with van der Waals surface area (Å²) in [5, 5.41) is 19.1. The number of anilines is 2. The molecule has 0 aliphatic rings. The summed E-state index contributed by atoms with van der Waals surface area (Å²) in [7, 11) is 0. The molecule has 3 N–H and O–H groups in total. The van der Waals surface area contributed by atoms with Crippen LogP contribution in [0.5, 0.6) is 0 Å². The van der Waals surface area contributed by atoms with Gasteiger partial charge in [0.1, 0.15) is 0 Å². The fraction of sp³-hybridized carbons (Fsp3) is 0.0476. The van der Waals surface area contributed by atoms with Crippen molar-refractivity contribution in [3.8, 4) is 0 Å². The van der Waals surface area contributed by atoms with E-state index < -0.39 is 16.9 Å². The fourth-order valence-electron chi connectivity index (χ4n) is 2.65. The first-order valence-corrected chi connectivity index (χ1v) is 9.24. The van der Waals surface area contributed by atoms with Crippen LogP contribution in [0.25, 0.3) is 0 Å². The van der Waals surface area contributed by atoms with Crippen molar-refractivity contribution < 1.29 is 14.5 Å². The summed E-state index contributed by atoms with van der Waals surface area (Å²) in [5.74, 6) is -0.538. The normalized spacial score (nSPS) is 10.2. The Balaban J connectivity index is 1.61. The van der Waals surface area contributed by atoms with E-state index in [0.29, 0.717) is 11.4 Å². The summed E-state index contributed by atoms with van der Waals surface area (Å²) < 4.78 is 0. The number of hydrogen-bond acceptors (Lipinski definition) is 4. The first-order chi connectivity index (χ1) is 14.4. The Morgan fingerprint density at radius 2 is 1.60 bits per heavy atom. The van der Waals surface area contributed by atoms with Crippen LogP contribution in [0.15, 0.2) is 72.8 Å². The molecule has 0 aromatic heterocycles. The molecule has 0 saturated carbocycles. The highest BCUT2D eigenvalue weighted by Gasteiger charge is 2.15. The Labute approximate surface area is 177 Å². The number of halogens is 1. The van der Waals surface area contributed by atoms with Crippen molar-refractivity contribution in [3.05, 3.63) is 99.1 Å². The minimum Gasteiger partial charge on any atom is -0.348 e. The second-order valence-electron chi connectivity index (χ2n) is 6.25. The summed E-state index contributed by atoms with van der Waals surface area (Å²) in [6.45, 7) is 0.147. The van der Waals surface area contributed by atoms with Crippen molar-refractivity contribution in [2.24, 2.45) is 0 Å². The number of hydrogen-bond donors (Lipinski definition) is 3. The van der Waals surface area contributed by atoms with Gasteiger partial charge in [-0.15, -0.1) is 0 Å². The van der Waals surface area contributed by atoms with Gasteiger partial charge in [-0.3, -0.25) is 14.9 Å².